The van der Waals surface area contributed by atoms with E-state index in [-0.39, 0.29) is 13.2 Å². The first-order chi connectivity index (χ1) is 12.2. The topological polar surface area (TPSA) is 79.2 Å². The molecule has 0 radical (unpaired) electrons. The molecule has 0 aromatic rings. The van der Waals surface area contributed by atoms with Crippen LogP contribution in [0.5, 0.6) is 0 Å². The highest BCUT2D eigenvalue weighted by atomic mass is 16.5. The Morgan fingerprint density at radius 1 is 0.960 bits per heavy atom. The lowest BCUT2D eigenvalue weighted by Gasteiger charge is -2.20. The second-order valence-corrected chi connectivity index (χ2v) is 7.11. The molecule has 0 aliphatic carbocycles. The van der Waals surface area contributed by atoms with Crippen LogP contribution in [0.4, 0.5) is 0 Å². The molecule has 0 amide bonds. The van der Waals surface area contributed by atoms with Crippen LogP contribution in [0, 0.1) is 0 Å². The second-order valence-electron chi connectivity index (χ2n) is 7.11. The van der Waals surface area contributed by atoms with Crippen molar-refractivity contribution in [2.24, 2.45) is 0 Å². The minimum absolute atomic E-state index is 0.0672. The average molecular weight is 359 g/mol. The van der Waals surface area contributed by atoms with Crippen LogP contribution < -0.4 is 0 Å². The summed E-state index contributed by atoms with van der Waals surface area (Å²) in [6.45, 7) is 4.56. The third kappa shape index (κ3) is 10.3. The predicted molar refractivity (Wildman–Crippen MR) is 99.6 cm³/mol. The van der Waals surface area contributed by atoms with Crippen molar-refractivity contribution < 1.29 is 24.8 Å². The first-order valence-electron chi connectivity index (χ1n) is 10.0. The van der Waals surface area contributed by atoms with Gasteiger partial charge in [-0.25, -0.2) is 0 Å². The molecule has 1 rings (SSSR count). The molecule has 0 bridgehead atoms. The largest absolute Gasteiger partial charge is 0.388 e. The summed E-state index contributed by atoms with van der Waals surface area (Å²) in [4.78, 5) is 0. The van der Waals surface area contributed by atoms with Crippen LogP contribution in [-0.4, -0.2) is 59.6 Å². The molecule has 0 spiro atoms. The fourth-order valence-electron chi connectivity index (χ4n) is 3.17. The van der Waals surface area contributed by atoms with Gasteiger partial charge in [0, 0.05) is 6.61 Å². The molecule has 1 heterocycles. The highest BCUT2D eigenvalue weighted by molar-refractivity contribution is 4.87. The quantitative estimate of drug-likeness (QED) is 0.292. The van der Waals surface area contributed by atoms with E-state index in [9.17, 15) is 15.3 Å². The summed E-state index contributed by atoms with van der Waals surface area (Å²) in [5.74, 6) is 0. The SMILES string of the molecule is C=CCCCCCCCCCCCCOC[C@H](O)[C@@H]1OC[C@@H](O)[C@@H]1O. The molecule has 4 atom stereocenters. The zero-order valence-corrected chi connectivity index (χ0v) is 15.7. The van der Waals surface area contributed by atoms with E-state index in [2.05, 4.69) is 6.58 Å². The lowest BCUT2D eigenvalue weighted by molar-refractivity contribution is -0.0813. The molecule has 0 unspecified atom stereocenters. The number of hydrogen-bond acceptors (Lipinski definition) is 5. The van der Waals surface area contributed by atoms with Crippen LogP contribution in [0.3, 0.4) is 0 Å². The third-order valence-electron chi connectivity index (χ3n) is 4.81. The molecule has 0 aromatic carbocycles. The summed E-state index contributed by atoms with van der Waals surface area (Å²) in [6, 6.07) is 0. The molecule has 1 saturated heterocycles. The van der Waals surface area contributed by atoms with Gasteiger partial charge >= 0.3 is 0 Å². The van der Waals surface area contributed by atoms with E-state index >= 15 is 0 Å². The van der Waals surface area contributed by atoms with Crippen molar-refractivity contribution in [3.63, 3.8) is 0 Å². The Labute approximate surface area is 153 Å². The Morgan fingerprint density at radius 3 is 2.04 bits per heavy atom. The number of ether oxygens (including phenoxy) is 2. The summed E-state index contributed by atoms with van der Waals surface area (Å²) >= 11 is 0. The van der Waals surface area contributed by atoms with Gasteiger partial charge in [0.15, 0.2) is 0 Å². The molecule has 0 aromatic heterocycles. The van der Waals surface area contributed by atoms with Gasteiger partial charge < -0.3 is 24.8 Å². The van der Waals surface area contributed by atoms with Gasteiger partial charge in [-0.05, 0) is 19.3 Å². The Kier molecular flexibility index (Phi) is 13.3. The number of aliphatic hydroxyl groups excluding tert-OH is 3. The van der Waals surface area contributed by atoms with Gasteiger partial charge in [0.2, 0.25) is 0 Å². The van der Waals surface area contributed by atoms with Crippen molar-refractivity contribution in [1.82, 2.24) is 0 Å². The number of allylic oxidation sites excluding steroid dienone is 1. The first-order valence-corrected chi connectivity index (χ1v) is 10.0. The molecule has 5 heteroatoms. The normalized spacial score (nSPS) is 24.5. The zero-order valence-electron chi connectivity index (χ0n) is 15.7. The van der Waals surface area contributed by atoms with Crippen LogP contribution >= 0.6 is 0 Å². The third-order valence-corrected chi connectivity index (χ3v) is 4.81. The maximum Gasteiger partial charge on any atom is 0.114 e. The van der Waals surface area contributed by atoms with Crippen molar-refractivity contribution in [1.29, 1.82) is 0 Å². The summed E-state index contributed by atoms with van der Waals surface area (Å²) in [5, 5.41) is 28.9. The molecule has 1 aliphatic heterocycles. The lowest BCUT2D eigenvalue weighted by atomic mass is 10.1. The van der Waals surface area contributed by atoms with Gasteiger partial charge in [-0.1, -0.05) is 57.4 Å². The van der Waals surface area contributed by atoms with Crippen molar-refractivity contribution in [3.05, 3.63) is 12.7 Å². The number of hydrogen-bond donors (Lipinski definition) is 3. The monoisotopic (exact) mass is 358 g/mol. The standard InChI is InChI=1S/C20H38O5/c1-2-3-4-5-6-7-8-9-10-11-12-13-14-24-15-18(22)20-19(23)17(21)16-25-20/h2,17-23H,1,3-16H2/t17-,18+,19+,20+/m1/s1. The van der Waals surface area contributed by atoms with Crippen molar-refractivity contribution in [2.45, 2.75) is 95.0 Å². The van der Waals surface area contributed by atoms with Crippen LogP contribution in [0.25, 0.3) is 0 Å². The van der Waals surface area contributed by atoms with Gasteiger partial charge in [0.1, 0.15) is 24.4 Å². The maximum absolute atomic E-state index is 9.90. The summed E-state index contributed by atoms with van der Waals surface area (Å²) in [5.41, 5.74) is 0. The van der Waals surface area contributed by atoms with Crippen LogP contribution in [0.2, 0.25) is 0 Å². The number of unbranched alkanes of at least 4 members (excludes halogenated alkanes) is 10. The predicted octanol–water partition coefficient (Wildman–Crippen LogP) is 2.96. The fraction of sp³-hybridized carbons (Fsp3) is 0.900. The van der Waals surface area contributed by atoms with Gasteiger partial charge in [0.25, 0.3) is 0 Å². The van der Waals surface area contributed by atoms with Gasteiger partial charge in [-0.2, -0.15) is 0 Å². The smallest absolute Gasteiger partial charge is 0.114 e. The van der Waals surface area contributed by atoms with Crippen molar-refractivity contribution in [2.75, 3.05) is 19.8 Å². The Morgan fingerprint density at radius 2 is 1.52 bits per heavy atom. The lowest BCUT2D eigenvalue weighted by Crippen LogP contribution is -2.40. The van der Waals surface area contributed by atoms with E-state index in [0.717, 1.165) is 19.3 Å². The fourth-order valence-corrected chi connectivity index (χ4v) is 3.17. The van der Waals surface area contributed by atoms with Crippen LogP contribution in [0.1, 0.15) is 70.6 Å². The number of rotatable bonds is 16. The molecule has 25 heavy (non-hydrogen) atoms. The highest BCUT2D eigenvalue weighted by Crippen LogP contribution is 2.18. The van der Waals surface area contributed by atoms with E-state index in [1.807, 2.05) is 6.08 Å². The van der Waals surface area contributed by atoms with Crippen LogP contribution in [-0.2, 0) is 9.47 Å². The molecule has 5 nitrogen and oxygen atoms in total. The zero-order chi connectivity index (χ0) is 18.3. The average Bonchev–Trinajstić information content (AvgIpc) is 2.94. The molecule has 0 saturated carbocycles. The molecule has 148 valence electrons. The second kappa shape index (κ2) is 14.7. The van der Waals surface area contributed by atoms with E-state index in [1.165, 1.54) is 51.4 Å². The van der Waals surface area contributed by atoms with Crippen LogP contribution in [0.15, 0.2) is 12.7 Å². The molecule has 1 fully saturated rings. The minimum Gasteiger partial charge on any atom is -0.388 e. The van der Waals surface area contributed by atoms with Crippen molar-refractivity contribution in [3.8, 4) is 0 Å². The van der Waals surface area contributed by atoms with Gasteiger partial charge in [-0.15, -0.1) is 6.58 Å². The van der Waals surface area contributed by atoms with E-state index in [1.54, 1.807) is 0 Å². The Bertz CT molecular complexity index is 323. The van der Waals surface area contributed by atoms with Crippen molar-refractivity contribution >= 4 is 0 Å². The maximum atomic E-state index is 9.90. The molecular formula is C20H38O5. The summed E-state index contributed by atoms with van der Waals surface area (Å²) < 4.78 is 10.6. The molecular weight excluding hydrogens is 320 g/mol. The van der Waals surface area contributed by atoms with E-state index < -0.39 is 24.4 Å². The molecule has 1 aliphatic rings. The van der Waals surface area contributed by atoms with E-state index in [4.69, 9.17) is 9.47 Å². The van der Waals surface area contributed by atoms with Gasteiger partial charge in [0.05, 0.1) is 13.2 Å². The Balaban J connectivity index is 1.81. The molecule has 3 N–H and O–H groups in total. The van der Waals surface area contributed by atoms with E-state index in [0.29, 0.717) is 6.61 Å². The summed E-state index contributed by atoms with van der Waals surface area (Å²) in [7, 11) is 0. The minimum atomic E-state index is -1.03. The van der Waals surface area contributed by atoms with Gasteiger partial charge in [-0.3, -0.25) is 0 Å². The highest BCUT2D eigenvalue weighted by Gasteiger charge is 2.39. The summed E-state index contributed by atoms with van der Waals surface area (Å²) in [6.07, 6.45) is 12.2. The first kappa shape index (κ1) is 22.6. The number of aliphatic hydroxyl groups is 3. The Hall–Kier alpha value is -0.460.